The van der Waals surface area contributed by atoms with Crippen molar-refractivity contribution in [3.05, 3.63) is 23.5 Å². The molecule has 1 aliphatic rings. The molecular formula is C14H18N2O4. The second-order valence-corrected chi connectivity index (χ2v) is 4.95. The Kier molecular flexibility index (Phi) is 4.22. The fourth-order valence-corrected chi connectivity index (χ4v) is 2.38. The lowest BCUT2D eigenvalue weighted by Gasteiger charge is -2.30. The first-order valence-electron chi connectivity index (χ1n) is 6.59. The summed E-state index contributed by atoms with van der Waals surface area (Å²) >= 11 is 0. The van der Waals surface area contributed by atoms with Crippen molar-refractivity contribution >= 4 is 17.7 Å². The highest BCUT2D eigenvalue weighted by molar-refractivity contribution is 5.99. The molecule has 108 valence electrons. The normalized spacial score (nSPS) is 16.0. The van der Waals surface area contributed by atoms with Crippen molar-refractivity contribution in [3.63, 3.8) is 0 Å². The van der Waals surface area contributed by atoms with Crippen molar-refractivity contribution in [1.29, 1.82) is 0 Å². The first kappa shape index (κ1) is 14.3. The smallest absolute Gasteiger partial charge is 0.308 e. The van der Waals surface area contributed by atoms with E-state index >= 15 is 0 Å². The quantitative estimate of drug-likeness (QED) is 0.666. The van der Waals surface area contributed by atoms with E-state index in [2.05, 4.69) is 4.98 Å². The first-order chi connectivity index (χ1) is 9.52. The second kappa shape index (κ2) is 5.90. The Morgan fingerprint density at radius 1 is 1.30 bits per heavy atom. The maximum absolute atomic E-state index is 12.2. The van der Waals surface area contributed by atoms with Crippen LogP contribution in [0.1, 0.15) is 40.6 Å². The van der Waals surface area contributed by atoms with Crippen molar-refractivity contribution in [1.82, 2.24) is 9.88 Å². The van der Waals surface area contributed by atoms with Crippen molar-refractivity contribution < 1.29 is 19.1 Å². The number of carbonyl (C=O) groups is 3. The molecule has 0 saturated carbocycles. The Labute approximate surface area is 117 Å². The van der Waals surface area contributed by atoms with Crippen molar-refractivity contribution in [2.45, 2.75) is 19.8 Å². The molecular weight excluding hydrogens is 260 g/mol. The van der Waals surface area contributed by atoms with Gasteiger partial charge >= 0.3 is 5.97 Å². The number of nitrogens with one attached hydrogen (secondary N) is 1. The maximum Gasteiger partial charge on any atom is 0.308 e. The molecule has 0 aliphatic carbocycles. The number of methoxy groups -OCH3 is 1. The zero-order chi connectivity index (χ0) is 14.7. The third-order valence-corrected chi connectivity index (χ3v) is 3.64. The summed E-state index contributed by atoms with van der Waals surface area (Å²) < 4.78 is 4.71. The summed E-state index contributed by atoms with van der Waals surface area (Å²) in [7, 11) is 1.38. The van der Waals surface area contributed by atoms with Crippen LogP contribution in [0.4, 0.5) is 0 Å². The number of carbonyl (C=O) groups excluding carboxylic acids is 3. The van der Waals surface area contributed by atoms with E-state index in [0.29, 0.717) is 37.2 Å². The Morgan fingerprint density at radius 3 is 2.45 bits per heavy atom. The first-order valence-corrected chi connectivity index (χ1v) is 6.59. The number of nitrogens with zero attached hydrogens (tertiary/aromatic N) is 1. The molecule has 2 rings (SSSR count). The molecule has 0 spiro atoms. The van der Waals surface area contributed by atoms with Crippen LogP contribution in [0.5, 0.6) is 0 Å². The van der Waals surface area contributed by atoms with Gasteiger partial charge in [0.15, 0.2) is 5.78 Å². The highest BCUT2D eigenvalue weighted by Gasteiger charge is 2.28. The van der Waals surface area contributed by atoms with Gasteiger partial charge in [0.05, 0.1) is 13.0 Å². The van der Waals surface area contributed by atoms with E-state index in [1.807, 2.05) is 0 Å². The average molecular weight is 278 g/mol. The highest BCUT2D eigenvalue weighted by Crippen LogP contribution is 2.20. The molecule has 1 saturated heterocycles. The summed E-state index contributed by atoms with van der Waals surface area (Å²) in [6.07, 6.45) is 2.76. The van der Waals surface area contributed by atoms with E-state index < -0.39 is 0 Å². The minimum Gasteiger partial charge on any atom is -0.469 e. The zero-order valence-corrected chi connectivity index (χ0v) is 11.6. The fourth-order valence-electron chi connectivity index (χ4n) is 2.38. The molecule has 1 aromatic heterocycles. The number of ether oxygens (including phenoxy) is 1. The van der Waals surface area contributed by atoms with Crippen LogP contribution in [0.15, 0.2) is 12.3 Å². The van der Waals surface area contributed by atoms with Gasteiger partial charge in [-0.3, -0.25) is 14.4 Å². The number of ketones is 1. The largest absolute Gasteiger partial charge is 0.469 e. The van der Waals surface area contributed by atoms with Gasteiger partial charge in [-0.2, -0.15) is 0 Å². The van der Waals surface area contributed by atoms with Crippen LogP contribution < -0.4 is 0 Å². The minimum absolute atomic E-state index is 0.0790. The predicted octanol–water partition coefficient (Wildman–Crippen LogP) is 1.24. The molecule has 0 bridgehead atoms. The molecule has 6 heteroatoms. The van der Waals surface area contributed by atoms with Crippen LogP contribution in [0.25, 0.3) is 0 Å². The molecule has 1 amide bonds. The van der Waals surface area contributed by atoms with Gasteiger partial charge in [-0.05, 0) is 25.8 Å². The summed E-state index contributed by atoms with van der Waals surface area (Å²) in [6.45, 7) is 2.50. The number of piperidine rings is 1. The van der Waals surface area contributed by atoms with Gasteiger partial charge in [-0.25, -0.2) is 0 Å². The SMILES string of the molecule is COC(=O)C1CCN(C(=O)c2cc(C(C)=O)c[nH]2)CC1. The van der Waals surface area contributed by atoms with E-state index in [0.717, 1.165) is 0 Å². The molecule has 0 atom stereocenters. The standard InChI is InChI=1S/C14H18N2O4/c1-9(17)11-7-12(15-8-11)13(18)16-5-3-10(4-6-16)14(19)20-2/h7-8,10,15H,3-6H2,1-2H3. The molecule has 2 heterocycles. The third-order valence-electron chi connectivity index (χ3n) is 3.64. The van der Waals surface area contributed by atoms with Crippen LogP contribution >= 0.6 is 0 Å². The topological polar surface area (TPSA) is 79.5 Å². The summed E-state index contributed by atoms with van der Waals surface area (Å²) in [5, 5.41) is 0. The lowest BCUT2D eigenvalue weighted by Crippen LogP contribution is -2.40. The zero-order valence-electron chi connectivity index (χ0n) is 11.6. The predicted molar refractivity (Wildman–Crippen MR) is 71.4 cm³/mol. The summed E-state index contributed by atoms with van der Waals surface area (Å²) in [5.41, 5.74) is 0.907. The molecule has 6 nitrogen and oxygen atoms in total. The number of H-pyrrole nitrogens is 1. The second-order valence-electron chi connectivity index (χ2n) is 4.95. The van der Waals surface area contributed by atoms with Gasteiger partial charge < -0.3 is 14.6 Å². The van der Waals surface area contributed by atoms with Crippen LogP contribution in [0, 0.1) is 5.92 Å². The van der Waals surface area contributed by atoms with Gasteiger partial charge in [0, 0.05) is 24.8 Å². The molecule has 1 aromatic rings. The average Bonchev–Trinajstić information content (AvgIpc) is 2.96. The molecule has 0 unspecified atom stereocenters. The van der Waals surface area contributed by atoms with E-state index in [-0.39, 0.29) is 23.6 Å². The minimum atomic E-state index is -0.212. The summed E-state index contributed by atoms with van der Waals surface area (Å²) in [5.74, 6) is -0.554. The van der Waals surface area contributed by atoms with Crippen LogP contribution in [-0.4, -0.2) is 47.7 Å². The number of aromatic nitrogens is 1. The number of hydrogen-bond acceptors (Lipinski definition) is 4. The Hall–Kier alpha value is -2.11. The molecule has 0 radical (unpaired) electrons. The molecule has 1 N–H and O–H groups in total. The van der Waals surface area contributed by atoms with E-state index in [4.69, 9.17) is 4.74 Å². The summed E-state index contributed by atoms with van der Waals surface area (Å²) in [4.78, 5) is 39.4. The molecule has 1 fully saturated rings. The van der Waals surface area contributed by atoms with E-state index in [1.54, 1.807) is 11.0 Å². The number of amides is 1. The molecule has 20 heavy (non-hydrogen) atoms. The van der Waals surface area contributed by atoms with Gasteiger partial charge in [0.2, 0.25) is 0 Å². The van der Waals surface area contributed by atoms with Gasteiger partial charge in [0.1, 0.15) is 5.69 Å². The van der Waals surface area contributed by atoms with Crippen LogP contribution in [0.3, 0.4) is 0 Å². The lowest BCUT2D eigenvalue weighted by molar-refractivity contribution is -0.146. The Morgan fingerprint density at radius 2 is 1.95 bits per heavy atom. The fraction of sp³-hybridized carbons (Fsp3) is 0.500. The number of Topliss-reactive ketones (excluding diaryl/α,β-unsaturated/α-hetero) is 1. The van der Waals surface area contributed by atoms with Crippen LogP contribution in [-0.2, 0) is 9.53 Å². The maximum atomic E-state index is 12.2. The highest BCUT2D eigenvalue weighted by atomic mass is 16.5. The van der Waals surface area contributed by atoms with Gasteiger partial charge in [-0.15, -0.1) is 0 Å². The molecule has 1 aliphatic heterocycles. The van der Waals surface area contributed by atoms with Crippen molar-refractivity contribution in [3.8, 4) is 0 Å². The third kappa shape index (κ3) is 2.89. The monoisotopic (exact) mass is 278 g/mol. The number of aromatic amines is 1. The van der Waals surface area contributed by atoms with E-state index in [9.17, 15) is 14.4 Å². The Bertz CT molecular complexity index is 527. The number of rotatable bonds is 3. The van der Waals surface area contributed by atoms with Gasteiger partial charge in [0.25, 0.3) is 5.91 Å². The Balaban J connectivity index is 1.97. The lowest BCUT2D eigenvalue weighted by atomic mass is 9.97. The summed E-state index contributed by atoms with van der Waals surface area (Å²) in [6, 6.07) is 1.57. The van der Waals surface area contributed by atoms with Crippen molar-refractivity contribution in [2.24, 2.45) is 5.92 Å². The number of hydrogen-bond donors (Lipinski definition) is 1. The van der Waals surface area contributed by atoms with Crippen LogP contribution in [0.2, 0.25) is 0 Å². The number of esters is 1. The van der Waals surface area contributed by atoms with E-state index in [1.165, 1.54) is 20.2 Å². The molecule has 0 aromatic carbocycles. The number of likely N-dealkylation sites (tertiary alicyclic amines) is 1. The van der Waals surface area contributed by atoms with Gasteiger partial charge in [-0.1, -0.05) is 0 Å². The van der Waals surface area contributed by atoms with Crippen molar-refractivity contribution in [2.75, 3.05) is 20.2 Å².